The SMILES string of the molecule is CCOc1ccc(-c2ccc(C)cc2)c(C)c1C.CCOc1ccc(-c2ccc(C3CCC(C)CC3)cc2)c(C)c1C.CCOc1ccc(C2CCC(C)CC2)c(C)c1C.CCOc1ccc(C2CCC(C3CCC(C)CC3)CC2)c(C)c1C.[HH].[HH].[HH].[HH]. The second-order valence-electron chi connectivity index (χ2n) is 26.3. The Balaban J connectivity index is 0.000000305. The first-order valence-corrected chi connectivity index (χ1v) is 33.5. The number of ether oxygens (including phenoxy) is 4. The topological polar surface area (TPSA) is 36.9 Å². The zero-order valence-electron chi connectivity index (χ0n) is 55.6. The molecule has 0 aromatic heterocycles. The fourth-order valence-electron chi connectivity index (χ4n) is 14.5. The average molecular weight is 1150 g/mol. The Bertz CT molecular complexity index is 2970. The van der Waals surface area contributed by atoms with Gasteiger partial charge in [-0.05, 0) is 309 Å². The van der Waals surface area contributed by atoms with Crippen LogP contribution in [0.15, 0.2) is 97.1 Å². The van der Waals surface area contributed by atoms with Crippen molar-refractivity contribution in [2.24, 2.45) is 29.6 Å². The summed E-state index contributed by atoms with van der Waals surface area (Å²) in [7, 11) is 0. The maximum Gasteiger partial charge on any atom is 0.122 e. The molecular weight excluding hydrogens is 1020 g/mol. The Labute approximate surface area is 518 Å². The summed E-state index contributed by atoms with van der Waals surface area (Å²) >= 11 is 0. The van der Waals surface area contributed by atoms with Crippen LogP contribution in [0.3, 0.4) is 0 Å². The minimum atomic E-state index is 0. The highest BCUT2D eigenvalue weighted by atomic mass is 16.5. The van der Waals surface area contributed by atoms with Gasteiger partial charge >= 0.3 is 0 Å². The van der Waals surface area contributed by atoms with Crippen molar-refractivity contribution >= 4 is 0 Å². The Morgan fingerprint density at radius 1 is 0.298 bits per heavy atom. The molecule has 6 aromatic rings. The van der Waals surface area contributed by atoms with Crippen molar-refractivity contribution < 1.29 is 24.7 Å². The summed E-state index contributed by atoms with van der Waals surface area (Å²) in [5.74, 6) is 11.3. The van der Waals surface area contributed by atoms with Crippen molar-refractivity contribution in [3.05, 3.63) is 164 Å². The van der Waals surface area contributed by atoms with Crippen LogP contribution in [0, 0.1) is 91.9 Å². The van der Waals surface area contributed by atoms with Gasteiger partial charge < -0.3 is 18.9 Å². The van der Waals surface area contributed by atoms with E-state index in [1.807, 2.05) is 20.8 Å². The third-order valence-corrected chi connectivity index (χ3v) is 20.7. The molecule has 0 spiro atoms. The zero-order chi connectivity index (χ0) is 60.5. The first-order valence-electron chi connectivity index (χ1n) is 33.5. The van der Waals surface area contributed by atoms with Crippen LogP contribution in [-0.4, -0.2) is 26.4 Å². The van der Waals surface area contributed by atoms with Crippen LogP contribution in [0.1, 0.15) is 241 Å². The highest BCUT2D eigenvalue weighted by Crippen LogP contribution is 2.46. The van der Waals surface area contributed by atoms with E-state index in [1.54, 1.807) is 11.1 Å². The van der Waals surface area contributed by atoms with Crippen molar-refractivity contribution in [3.63, 3.8) is 0 Å². The molecule has 0 unspecified atom stereocenters. The first-order chi connectivity index (χ1) is 40.5. The molecule has 0 bridgehead atoms. The summed E-state index contributed by atoms with van der Waals surface area (Å²) in [6, 6.07) is 35.5. The molecule has 4 fully saturated rings. The summed E-state index contributed by atoms with van der Waals surface area (Å²) in [6.07, 6.45) is 22.6. The first kappa shape index (κ1) is 66.1. The maximum absolute atomic E-state index is 5.76. The molecule has 0 saturated heterocycles. The molecule has 4 heteroatoms. The van der Waals surface area contributed by atoms with Crippen LogP contribution in [0.4, 0.5) is 0 Å². The molecule has 0 heterocycles. The molecule has 6 aromatic carbocycles. The highest BCUT2D eigenvalue weighted by Gasteiger charge is 2.31. The smallest absolute Gasteiger partial charge is 0.122 e. The molecule has 4 saturated carbocycles. The van der Waals surface area contributed by atoms with Crippen LogP contribution in [0.25, 0.3) is 22.3 Å². The number of aryl methyl sites for hydroxylation is 1. The van der Waals surface area contributed by atoms with Gasteiger partial charge in [-0.1, -0.05) is 138 Å². The van der Waals surface area contributed by atoms with Gasteiger partial charge in [0.15, 0.2) is 0 Å². The lowest BCUT2D eigenvalue weighted by molar-refractivity contribution is 0.165. The molecule has 0 atom stereocenters. The van der Waals surface area contributed by atoms with E-state index >= 15 is 0 Å². The van der Waals surface area contributed by atoms with E-state index in [1.165, 1.54) is 181 Å². The predicted octanol–water partition coefficient (Wildman–Crippen LogP) is 24.1. The van der Waals surface area contributed by atoms with Gasteiger partial charge in [-0.15, -0.1) is 0 Å². The van der Waals surface area contributed by atoms with E-state index in [0.29, 0.717) is 13.2 Å². The van der Waals surface area contributed by atoms with Crippen molar-refractivity contribution in [1.82, 2.24) is 0 Å². The molecule has 464 valence electrons. The van der Waals surface area contributed by atoms with Crippen LogP contribution in [0.2, 0.25) is 0 Å². The molecule has 0 N–H and O–H groups in total. The molecule has 84 heavy (non-hydrogen) atoms. The normalized spacial score (nSPS) is 22.2. The minimum absolute atomic E-state index is 0. The molecule has 4 nitrogen and oxygen atoms in total. The molecular formula is C80H120O4. The number of hydrogen-bond donors (Lipinski definition) is 0. The van der Waals surface area contributed by atoms with E-state index < -0.39 is 0 Å². The van der Waals surface area contributed by atoms with Gasteiger partial charge in [0, 0.05) is 5.71 Å². The third-order valence-electron chi connectivity index (χ3n) is 20.7. The summed E-state index contributed by atoms with van der Waals surface area (Å²) in [5, 5.41) is 0. The van der Waals surface area contributed by atoms with Gasteiger partial charge in [0.2, 0.25) is 0 Å². The lowest BCUT2D eigenvalue weighted by Crippen LogP contribution is -2.25. The summed E-state index contributed by atoms with van der Waals surface area (Å²) in [4.78, 5) is 0. The van der Waals surface area contributed by atoms with Crippen molar-refractivity contribution in [3.8, 4) is 45.3 Å². The maximum atomic E-state index is 5.76. The van der Waals surface area contributed by atoms with Gasteiger partial charge in [0.25, 0.3) is 0 Å². The van der Waals surface area contributed by atoms with Crippen LogP contribution in [-0.2, 0) is 0 Å². The lowest BCUT2D eigenvalue weighted by Gasteiger charge is -2.37. The largest absolute Gasteiger partial charge is 0.494 e. The number of rotatable bonds is 14. The standard InChI is InChI=1S/C23H36O.C23H30O.C17H26O.C17H20O.4H2/c2*1-5-24-23-15-14-22(17(3)18(23)4)21-12-10-20(11-13-21)19-8-6-16(2)7-9-19;2*1-5-18-17-11-10-16(13(3)14(17)4)15-8-6-12(2)7-9-15;;;;/h14-16,19-21H,5-13H2,1-4H3;10-16,19H,5-9H2,1-4H3;10-12,15H,5-9H2,1-4H3;6-11H,5H2,1-4H3;4*1H. The third kappa shape index (κ3) is 17.4. The van der Waals surface area contributed by atoms with Crippen LogP contribution in [0.5, 0.6) is 23.0 Å². The van der Waals surface area contributed by atoms with E-state index in [2.05, 4.69) is 187 Å². The number of benzene rings is 6. The second-order valence-corrected chi connectivity index (χ2v) is 26.3. The quantitative estimate of drug-likeness (QED) is 0.109. The summed E-state index contributed by atoms with van der Waals surface area (Å²) in [6.45, 7) is 38.0. The summed E-state index contributed by atoms with van der Waals surface area (Å²) in [5.41, 5.74) is 21.8. The van der Waals surface area contributed by atoms with Crippen molar-refractivity contribution in [2.45, 2.75) is 231 Å². The minimum Gasteiger partial charge on any atom is -0.494 e. The number of hydrogen-bond acceptors (Lipinski definition) is 4. The molecule has 0 radical (unpaired) electrons. The molecule has 10 rings (SSSR count). The fourth-order valence-corrected chi connectivity index (χ4v) is 14.5. The highest BCUT2D eigenvalue weighted by molar-refractivity contribution is 5.71. The van der Waals surface area contributed by atoms with Gasteiger partial charge in [0.1, 0.15) is 23.0 Å². The van der Waals surface area contributed by atoms with Crippen molar-refractivity contribution in [1.29, 1.82) is 0 Å². The van der Waals surface area contributed by atoms with Gasteiger partial charge in [-0.3, -0.25) is 0 Å². The van der Waals surface area contributed by atoms with E-state index in [0.717, 1.165) is 83.6 Å². The predicted molar refractivity (Wildman–Crippen MR) is 369 cm³/mol. The zero-order valence-corrected chi connectivity index (χ0v) is 55.6. The molecule has 4 aliphatic rings. The Hall–Kier alpha value is -5.48. The summed E-state index contributed by atoms with van der Waals surface area (Å²) < 4.78 is 22.8. The fraction of sp³-hybridized carbons (Fsp3) is 0.550. The monoisotopic (exact) mass is 1140 g/mol. The van der Waals surface area contributed by atoms with E-state index in [4.69, 9.17) is 18.9 Å². The van der Waals surface area contributed by atoms with Crippen LogP contribution >= 0.6 is 0 Å². The van der Waals surface area contributed by atoms with Crippen LogP contribution < -0.4 is 18.9 Å². The van der Waals surface area contributed by atoms with E-state index in [-0.39, 0.29) is 5.71 Å². The van der Waals surface area contributed by atoms with Crippen molar-refractivity contribution in [2.75, 3.05) is 26.4 Å². The Kier molecular flexibility index (Phi) is 25.4. The van der Waals surface area contributed by atoms with Gasteiger partial charge in [-0.2, -0.15) is 0 Å². The van der Waals surface area contributed by atoms with Gasteiger partial charge in [0.05, 0.1) is 26.4 Å². The van der Waals surface area contributed by atoms with Gasteiger partial charge in [-0.25, -0.2) is 0 Å². The second kappa shape index (κ2) is 32.3. The van der Waals surface area contributed by atoms with E-state index in [9.17, 15) is 0 Å². The molecule has 0 amide bonds. The Morgan fingerprint density at radius 3 is 0.940 bits per heavy atom. The molecule has 0 aliphatic heterocycles. The lowest BCUT2D eigenvalue weighted by atomic mass is 9.68. The Morgan fingerprint density at radius 2 is 0.583 bits per heavy atom. The average Bonchev–Trinajstić information content (AvgIpc) is 3.53. The molecule has 4 aliphatic carbocycles.